The van der Waals surface area contributed by atoms with Gasteiger partial charge >= 0.3 is 0 Å². The molecule has 0 aliphatic carbocycles. The lowest BCUT2D eigenvalue weighted by molar-refractivity contribution is 0.639. The number of halogens is 3. The number of thiophene rings is 1. The molecule has 96 valence electrons. The van der Waals surface area contributed by atoms with Crippen LogP contribution in [0.25, 0.3) is 0 Å². The lowest BCUT2D eigenvalue weighted by Gasteiger charge is -2.16. The van der Waals surface area contributed by atoms with Gasteiger partial charge in [0.15, 0.2) is 0 Å². The third-order valence-corrected chi connectivity index (χ3v) is 5.82. The van der Waals surface area contributed by atoms with Gasteiger partial charge in [0.25, 0.3) is 0 Å². The zero-order valence-corrected chi connectivity index (χ0v) is 15.0. The molecule has 0 aliphatic heterocycles. The zero-order valence-electron chi connectivity index (χ0n) is 9.71. The Kier molecular flexibility index (Phi) is 5.50. The summed E-state index contributed by atoms with van der Waals surface area (Å²) in [6.45, 7) is 3.04. The molecule has 1 atom stereocenters. The van der Waals surface area contributed by atoms with Crippen LogP contribution in [0.2, 0.25) is 5.02 Å². The van der Waals surface area contributed by atoms with E-state index in [1.165, 1.54) is 14.0 Å². The molecule has 0 amide bonds. The van der Waals surface area contributed by atoms with Gasteiger partial charge in [-0.1, -0.05) is 30.7 Å². The van der Waals surface area contributed by atoms with Gasteiger partial charge in [-0.05, 0) is 68.8 Å². The molecule has 1 N–H and O–H groups in total. The minimum atomic E-state index is 0.209. The van der Waals surface area contributed by atoms with Crippen LogP contribution < -0.4 is 5.32 Å². The second kappa shape index (κ2) is 6.70. The second-order valence-corrected chi connectivity index (χ2v) is 7.87. The molecule has 1 aromatic carbocycles. The highest BCUT2D eigenvalue weighted by atomic mass is 127. The third kappa shape index (κ3) is 3.48. The first-order chi connectivity index (χ1) is 8.61. The summed E-state index contributed by atoms with van der Waals surface area (Å²) in [6.07, 6.45) is 0. The summed E-state index contributed by atoms with van der Waals surface area (Å²) in [6, 6.07) is 10.8. The molecular formula is C13H12BrClINS. The highest BCUT2D eigenvalue weighted by Crippen LogP contribution is 2.37. The Balaban J connectivity index is 2.36. The maximum absolute atomic E-state index is 6.12. The van der Waals surface area contributed by atoms with Crippen molar-refractivity contribution in [3.8, 4) is 0 Å². The molecular weight excluding hydrogens is 444 g/mol. The second-order valence-electron chi connectivity index (χ2n) is 3.81. The van der Waals surface area contributed by atoms with E-state index in [2.05, 4.69) is 75.0 Å². The summed E-state index contributed by atoms with van der Waals surface area (Å²) in [7, 11) is 0. The van der Waals surface area contributed by atoms with Crippen LogP contribution in [-0.4, -0.2) is 6.54 Å². The van der Waals surface area contributed by atoms with Crippen LogP contribution in [0, 0.1) is 3.57 Å². The van der Waals surface area contributed by atoms with Gasteiger partial charge in [-0.3, -0.25) is 0 Å². The average molecular weight is 457 g/mol. The quantitative estimate of drug-likeness (QED) is 0.602. The van der Waals surface area contributed by atoms with Crippen molar-refractivity contribution < 1.29 is 0 Å². The Morgan fingerprint density at radius 2 is 2.06 bits per heavy atom. The number of hydrogen-bond acceptors (Lipinski definition) is 2. The van der Waals surface area contributed by atoms with Crippen LogP contribution in [0.4, 0.5) is 0 Å². The summed E-state index contributed by atoms with van der Waals surface area (Å²) in [5, 5.41) is 4.28. The predicted octanol–water partition coefficient (Wildman–Crippen LogP) is 5.47. The van der Waals surface area contributed by atoms with Crippen molar-refractivity contribution in [2.45, 2.75) is 13.0 Å². The maximum atomic E-state index is 6.12. The molecule has 0 saturated carbocycles. The fraction of sp³-hybridized carbons (Fsp3) is 0.231. The Labute approximate surface area is 138 Å². The SMILES string of the molecule is CCNC(c1ccc(I)cc1)c1cc(Cl)c(Br)s1. The number of rotatable bonds is 4. The van der Waals surface area contributed by atoms with Gasteiger partial charge < -0.3 is 5.32 Å². The highest BCUT2D eigenvalue weighted by Gasteiger charge is 2.16. The molecule has 0 saturated heterocycles. The van der Waals surface area contributed by atoms with Crippen LogP contribution in [0.5, 0.6) is 0 Å². The molecule has 2 rings (SSSR count). The van der Waals surface area contributed by atoms with Gasteiger partial charge in [0.05, 0.1) is 14.9 Å². The van der Waals surface area contributed by atoms with Gasteiger partial charge in [0.2, 0.25) is 0 Å². The van der Waals surface area contributed by atoms with Crippen molar-refractivity contribution in [2.75, 3.05) is 6.54 Å². The largest absolute Gasteiger partial charge is 0.306 e. The topological polar surface area (TPSA) is 12.0 Å². The Bertz CT molecular complexity index is 507. The van der Waals surface area contributed by atoms with Crippen molar-refractivity contribution in [1.82, 2.24) is 5.32 Å². The first-order valence-electron chi connectivity index (χ1n) is 5.55. The van der Waals surface area contributed by atoms with Gasteiger partial charge in [0, 0.05) is 8.45 Å². The minimum Gasteiger partial charge on any atom is -0.306 e. The number of benzene rings is 1. The van der Waals surface area contributed by atoms with Crippen molar-refractivity contribution in [1.29, 1.82) is 0 Å². The standard InChI is InChI=1S/C13H12BrClINS/c1-2-17-12(8-3-5-9(16)6-4-8)11-7-10(15)13(14)18-11/h3-7,12,17H,2H2,1H3. The van der Waals surface area contributed by atoms with Crippen LogP contribution >= 0.6 is 61.5 Å². The predicted molar refractivity (Wildman–Crippen MR) is 91.7 cm³/mol. The molecule has 1 nitrogen and oxygen atoms in total. The van der Waals surface area contributed by atoms with Crippen LogP contribution in [0.15, 0.2) is 34.1 Å². The summed E-state index contributed by atoms with van der Waals surface area (Å²) < 4.78 is 2.24. The molecule has 1 unspecified atom stereocenters. The average Bonchev–Trinajstić information content (AvgIpc) is 2.68. The normalized spacial score (nSPS) is 12.7. The third-order valence-electron chi connectivity index (χ3n) is 2.56. The molecule has 5 heteroatoms. The molecule has 0 bridgehead atoms. The summed E-state index contributed by atoms with van der Waals surface area (Å²) >= 11 is 13.6. The van der Waals surface area contributed by atoms with Crippen molar-refractivity contribution in [2.24, 2.45) is 0 Å². The molecule has 0 spiro atoms. The maximum Gasteiger partial charge on any atom is 0.0888 e. The highest BCUT2D eigenvalue weighted by molar-refractivity contribution is 14.1. The van der Waals surface area contributed by atoms with E-state index in [0.717, 1.165) is 15.4 Å². The summed E-state index contributed by atoms with van der Waals surface area (Å²) in [5.74, 6) is 0. The lowest BCUT2D eigenvalue weighted by atomic mass is 10.1. The van der Waals surface area contributed by atoms with Gasteiger partial charge in [-0.15, -0.1) is 11.3 Å². The summed E-state index contributed by atoms with van der Waals surface area (Å²) in [4.78, 5) is 1.23. The first kappa shape index (κ1) is 14.8. The lowest BCUT2D eigenvalue weighted by Crippen LogP contribution is -2.20. The number of nitrogens with one attached hydrogen (secondary N) is 1. The molecule has 0 fully saturated rings. The molecule has 0 radical (unpaired) electrons. The van der Waals surface area contributed by atoms with Gasteiger partial charge in [-0.2, -0.15) is 0 Å². The smallest absolute Gasteiger partial charge is 0.0888 e. The van der Waals surface area contributed by atoms with E-state index in [1.807, 2.05) is 6.07 Å². The van der Waals surface area contributed by atoms with Gasteiger partial charge in [0.1, 0.15) is 0 Å². The molecule has 0 aliphatic rings. The van der Waals surface area contributed by atoms with Crippen molar-refractivity contribution >= 4 is 61.5 Å². The number of hydrogen-bond donors (Lipinski definition) is 1. The Morgan fingerprint density at radius 3 is 2.56 bits per heavy atom. The monoisotopic (exact) mass is 455 g/mol. The van der Waals surface area contributed by atoms with Crippen LogP contribution in [0.1, 0.15) is 23.4 Å². The Hall–Kier alpha value is 0.380. The van der Waals surface area contributed by atoms with E-state index in [0.29, 0.717) is 0 Å². The Morgan fingerprint density at radius 1 is 1.39 bits per heavy atom. The van der Waals surface area contributed by atoms with E-state index >= 15 is 0 Å². The van der Waals surface area contributed by atoms with E-state index in [-0.39, 0.29) is 6.04 Å². The molecule has 18 heavy (non-hydrogen) atoms. The van der Waals surface area contributed by atoms with E-state index in [4.69, 9.17) is 11.6 Å². The van der Waals surface area contributed by atoms with E-state index in [9.17, 15) is 0 Å². The minimum absolute atomic E-state index is 0.209. The van der Waals surface area contributed by atoms with Crippen molar-refractivity contribution in [3.05, 3.63) is 53.2 Å². The van der Waals surface area contributed by atoms with Gasteiger partial charge in [-0.25, -0.2) is 0 Å². The van der Waals surface area contributed by atoms with Crippen molar-refractivity contribution in [3.63, 3.8) is 0 Å². The fourth-order valence-electron chi connectivity index (χ4n) is 1.75. The molecule has 1 aromatic heterocycles. The van der Waals surface area contributed by atoms with Crippen LogP contribution in [0.3, 0.4) is 0 Å². The summed E-state index contributed by atoms with van der Waals surface area (Å²) in [5.41, 5.74) is 1.27. The zero-order chi connectivity index (χ0) is 13.1. The van der Waals surface area contributed by atoms with E-state index < -0.39 is 0 Å². The molecule has 1 heterocycles. The first-order valence-corrected chi connectivity index (χ1v) is 8.62. The molecule has 2 aromatic rings. The van der Waals surface area contributed by atoms with E-state index in [1.54, 1.807) is 11.3 Å². The fourth-order valence-corrected chi connectivity index (χ4v) is 3.96. The van der Waals surface area contributed by atoms with Crippen LogP contribution in [-0.2, 0) is 0 Å².